The predicted molar refractivity (Wildman–Crippen MR) is 66.0 cm³/mol. The van der Waals surface area contributed by atoms with Crippen molar-refractivity contribution in [2.45, 2.75) is 6.92 Å². The first-order valence-electron chi connectivity index (χ1n) is 5.17. The largest absolute Gasteiger partial charge is 0.269 e. The van der Waals surface area contributed by atoms with Gasteiger partial charge in [0.15, 0.2) is 5.65 Å². The van der Waals surface area contributed by atoms with Gasteiger partial charge in [-0.25, -0.2) is 4.98 Å². The SMILES string of the molecule is Cc1nnc2c(-c3ccccc3Cl)cncn12. The van der Waals surface area contributed by atoms with E-state index in [4.69, 9.17) is 11.6 Å². The van der Waals surface area contributed by atoms with E-state index in [1.165, 1.54) is 0 Å². The molecule has 0 amide bonds. The normalized spacial score (nSPS) is 10.9. The Morgan fingerprint density at radius 2 is 1.94 bits per heavy atom. The molecular formula is C12H9ClN4. The van der Waals surface area contributed by atoms with Crippen LogP contribution in [0.15, 0.2) is 36.8 Å². The molecular weight excluding hydrogens is 236 g/mol. The Balaban J connectivity index is 2.35. The molecule has 2 heterocycles. The molecule has 0 saturated carbocycles. The van der Waals surface area contributed by atoms with E-state index in [9.17, 15) is 0 Å². The molecule has 1 aromatic carbocycles. The maximum atomic E-state index is 6.18. The van der Waals surface area contributed by atoms with Gasteiger partial charge in [0.1, 0.15) is 12.2 Å². The monoisotopic (exact) mass is 244 g/mol. The molecule has 0 aliphatic heterocycles. The number of aromatic nitrogens is 4. The maximum Gasteiger partial charge on any atom is 0.171 e. The summed E-state index contributed by atoms with van der Waals surface area (Å²) in [5, 5.41) is 8.87. The Kier molecular flexibility index (Phi) is 2.30. The van der Waals surface area contributed by atoms with Gasteiger partial charge in [0, 0.05) is 22.3 Å². The molecule has 5 heteroatoms. The number of hydrogen-bond donors (Lipinski definition) is 0. The van der Waals surface area contributed by atoms with Crippen LogP contribution in [0.1, 0.15) is 5.82 Å². The first-order chi connectivity index (χ1) is 8.27. The zero-order chi connectivity index (χ0) is 11.8. The number of nitrogens with zero attached hydrogens (tertiary/aromatic N) is 4. The zero-order valence-corrected chi connectivity index (χ0v) is 9.89. The fraction of sp³-hybridized carbons (Fsp3) is 0.0833. The number of halogens is 1. The van der Waals surface area contributed by atoms with Crippen molar-refractivity contribution in [2.24, 2.45) is 0 Å². The molecule has 2 aromatic heterocycles. The van der Waals surface area contributed by atoms with Crippen LogP contribution in [0.3, 0.4) is 0 Å². The lowest BCUT2D eigenvalue weighted by atomic mass is 10.1. The van der Waals surface area contributed by atoms with Gasteiger partial charge in [-0.05, 0) is 13.0 Å². The molecule has 84 valence electrons. The van der Waals surface area contributed by atoms with Crippen molar-refractivity contribution in [1.29, 1.82) is 0 Å². The van der Waals surface area contributed by atoms with Gasteiger partial charge in [-0.2, -0.15) is 0 Å². The zero-order valence-electron chi connectivity index (χ0n) is 9.13. The summed E-state index contributed by atoms with van der Waals surface area (Å²) in [5.41, 5.74) is 2.57. The number of hydrogen-bond acceptors (Lipinski definition) is 3. The summed E-state index contributed by atoms with van der Waals surface area (Å²) >= 11 is 6.18. The molecule has 0 radical (unpaired) electrons. The Morgan fingerprint density at radius 3 is 2.76 bits per heavy atom. The molecule has 4 nitrogen and oxygen atoms in total. The van der Waals surface area contributed by atoms with Crippen LogP contribution in [0.25, 0.3) is 16.8 Å². The third kappa shape index (κ3) is 1.57. The van der Waals surface area contributed by atoms with Crippen molar-refractivity contribution in [3.05, 3.63) is 47.6 Å². The number of aryl methyl sites for hydroxylation is 1. The lowest BCUT2D eigenvalue weighted by Gasteiger charge is -2.04. The third-order valence-electron chi connectivity index (χ3n) is 2.66. The molecule has 0 fully saturated rings. The van der Waals surface area contributed by atoms with Gasteiger partial charge in [-0.15, -0.1) is 10.2 Å². The number of benzene rings is 1. The van der Waals surface area contributed by atoms with Gasteiger partial charge in [0.2, 0.25) is 0 Å². The molecule has 0 aliphatic carbocycles. The van der Waals surface area contributed by atoms with Crippen LogP contribution in [0.4, 0.5) is 0 Å². The molecule has 3 aromatic rings. The van der Waals surface area contributed by atoms with Crippen LogP contribution in [0.2, 0.25) is 5.02 Å². The van der Waals surface area contributed by atoms with Crippen molar-refractivity contribution >= 4 is 17.2 Å². The van der Waals surface area contributed by atoms with Crippen molar-refractivity contribution in [3.8, 4) is 11.1 Å². The van der Waals surface area contributed by atoms with Crippen LogP contribution in [-0.4, -0.2) is 19.6 Å². The molecule has 0 unspecified atom stereocenters. The van der Waals surface area contributed by atoms with Gasteiger partial charge >= 0.3 is 0 Å². The third-order valence-corrected chi connectivity index (χ3v) is 2.99. The summed E-state index contributed by atoms with van der Waals surface area (Å²) in [5.74, 6) is 0.807. The van der Waals surface area contributed by atoms with E-state index in [2.05, 4.69) is 15.2 Å². The lowest BCUT2D eigenvalue weighted by molar-refractivity contribution is 0.984. The number of fused-ring (bicyclic) bond motifs is 1. The summed E-state index contributed by atoms with van der Waals surface area (Å²) in [7, 11) is 0. The molecule has 0 atom stereocenters. The average molecular weight is 245 g/mol. The molecule has 17 heavy (non-hydrogen) atoms. The average Bonchev–Trinajstić information content (AvgIpc) is 2.72. The van der Waals surface area contributed by atoms with E-state index in [1.807, 2.05) is 35.6 Å². The Bertz CT molecular complexity index is 690. The van der Waals surface area contributed by atoms with Crippen LogP contribution < -0.4 is 0 Å². The summed E-state index contributed by atoms with van der Waals surface area (Å²) in [6.45, 7) is 1.89. The summed E-state index contributed by atoms with van der Waals surface area (Å²) < 4.78 is 1.85. The Labute approximate surface area is 103 Å². The quantitative estimate of drug-likeness (QED) is 0.661. The van der Waals surface area contributed by atoms with Gasteiger partial charge in [0.25, 0.3) is 0 Å². The second kappa shape index (κ2) is 3.82. The van der Waals surface area contributed by atoms with Crippen LogP contribution in [-0.2, 0) is 0 Å². The van der Waals surface area contributed by atoms with Crippen LogP contribution >= 0.6 is 11.6 Å². The minimum atomic E-state index is 0.683. The molecule has 0 aliphatic rings. The van der Waals surface area contributed by atoms with Gasteiger partial charge < -0.3 is 0 Å². The first-order valence-corrected chi connectivity index (χ1v) is 5.55. The van der Waals surface area contributed by atoms with Crippen molar-refractivity contribution in [3.63, 3.8) is 0 Å². The fourth-order valence-corrected chi connectivity index (χ4v) is 2.03. The highest BCUT2D eigenvalue weighted by Gasteiger charge is 2.10. The molecule has 0 bridgehead atoms. The second-order valence-electron chi connectivity index (χ2n) is 3.73. The highest BCUT2D eigenvalue weighted by Crippen LogP contribution is 2.29. The van der Waals surface area contributed by atoms with Gasteiger partial charge in [-0.3, -0.25) is 4.40 Å². The van der Waals surface area contributed by atoms with Crippen molar-refractivity contribution in [1.82, 2.24) is 19.6 Å². The van der Waals surface area contributed by atoms with Crippen molar-refractivity contribution in [2.75, 3.05) is 0 Å². The van der Waals surface area contributed by atoms with Crippen molar-refractivity contribution < 1.29 is 0 Å². The minimum Gasteiger partial charge on any atom is -0.269 e. The number of rotatable bonds is 1. The Hall–Kier alpha value is -1.94. The standard InChI is InChI=1S/C12H9ClN4/c1-8-15-16-12-10(6-14-7-17(8)12)9-4-2-3-5-11(9)13/h2-7H,1H3. The van der Waals surface area contributed by atoms with E-state index in [0.717, 1.165) is 22.6 Å². The second-order valence-corrected chi connectivity index (χ2v) is 4.14. The van der Waals surface area contributed by atoms with Crippen LogP contribution in [0, 0.1) is 6.92 Å². The molecule has 0 saturated heterocycles. The lowest BCUT2D eigenvalue weighted by Crippen LogP contribution is -1.92. The molecule has 3 rings (SSSR count). The minimum absolute atomic E-state index is 0.683. The smallest absolute Gasteiger partial charge is 0.171 e. The van der Waals surface area contributed by atoms with Gasteiger partial charge in [-0.1, -0.05) is 29.8 Å². The first kappa shape index (κ1) is 10.2. The highest BCUT2D eigenvalue weighted by atomic mass is 35.5. The predicted octanol–water partition coefficient (Wildman–Crippen LogP) is 2.75. The Morgan fingerprint density at radius 1 is 1.12 bits per heavy atom. The topological polar surface area (TPSA) is 43.1 Å². The maximum absolute atomic E-state index is 6.18. The summed E-state index contributed by atoms with van der Waals surface area (Å²) in [6.07, 6.45) is 3.45. The van der Waals surface area contributed by atoms with E-state index < -0.39 is 0 Å². The van der Waals surface area contributed by atoms with Gasteiger partial charge in [0.05, 0.1) is 0 Å². The summed E-state index contributed by atoms with van der Waals surface area (Å²) in [6, 6.07) is 7.63. The van der Waals surface area contributed by atoms with E-state index in [-0.39, 0.29) is 0 Å². The van der Waals surface area contributed by atoms with E-state index >= 15 is 0 Å². The fourth-order valence-electron chi connectivity index (χ4n) is 1.79. The summed E-state index contributed by atoms with van der Waals surface area (Å²) in [4.78, 5) is 4.19. The van der Waals surface area contributed by atoms with E-state index in [0.29, 0.717) is 5.02 Å². The molecule has 0 spiro atoms. The van der Waals surface area contributed by atoms with Crippen LogP contribution in [0.5, 0.6) is 0 Å². The molecule has 0 N–H and O–H groups in total. The van der Waals surface area contributed by atoms with E-state index in [1.54, 1.807) is 12.5 Å². The highest BCUT2D eigenvalue weighted by molar-refractivity contribution is 6.33.